The van der Waals surface area contributed by atoms with Crippen LogP contribution in [0.1, 0.15) is 17.3 Å². The van der Waals surface area contributed by atoms with E-state index in [1.165, 1.54) is 4.31 Å². The van der Waals surface area contributed by atoms with E-state index in [1.54, 1.807) is 6.07 Å². The predicted molar refractivity (Wildman–Crippen MR) is 78.7 cm³/mol. The molecule has 1 aromatic rings. The van der Waals surface area contributed by atoms with Crippen molar-refractivity contribution in [1.82, 2.24) is 4.31 Å². The van der Waals surface area contributed by atoms with Crippen molar-refractivity contribution in [2.24, 2.45) is 0 Å². The molecule has 7 heteroatoms. The molecule has 1 heterocycles. The molecule has 0 radical (unpaired) electrons. The summed E-state index contributed by atoms with van der Waals surface area (Å²) in [6.07, 6.45) is 0. The van der Waals surface area contributed by atoms with E-state index in [0.717, 1.165) is 5.56 Å². The second-order valence-corrected chi connectivity index (χ2v) is 7.37. The summed E-state index contributed by atoms with van der Waals surface area (Å²) in [5.74, 6) is 0. The number of anilines is 1. The number of alkyl halides is 1. The van der Waals surface area contributed by atoms with E-state index in [9.17, 15) is 8.42 Å². The summed E-state index contributed by atoms with van der Waals surface area (Å²) in [7, 11) is -3.51. The quantitative estimate of drug-likeness (QED) is 0.848. The minimum Gasteiger partial charge on any atom is -0.379 e. The van der Waals surface area contributed by atoms with Crippen molar-refractivity contribution < 1.29 is 13.2 Å². The van der Waals surface area contributed by atoms with Gasteiger partial charge in [0.25, 0.3) is 0 Å². The number of nitrogens with zero attached hydrogens (tertiary/aromatic N) is 1. The van der Waals surface area contributed by atoms with Crippen LogP contribution >= 0.6 is 15.9 Å². The standard InChI is InChI=1S/C12H17BrN2O3S/c1-10(13)11-4-2-3-5-12(11)14-19(16,17)15-6-8-18-9-7-15/h2-5,10,14H,6-9H2,1H3. The van der Waals surface area contributed by atoms with Crippen molar-refractivity contribution in [1.29, 1.82) is 0 Å². The molecule has 1 fully saturated rings. The third kappa shape index (κ3) is 3.68. The zero-order valence-corrected chi connectivity index (χ0v) is 13.1. The van der Waals surface area contributed by atoms with E-state index in [1.807, 2.05) is 25.1 Å². The van der Waals surface area contributed by atoms with Gasteiger partial charge < -0.3 is 4.74 Å². The monoisotopic (exact) mass is 348 g/mol. The van der Waals surface area contributed by atoms with Gasteiger partial charge in [-0.15, -0.1) is 0 Å². The number of morpholine rings is 1. The summed E-state index contributed by atoms with van der Waals surface area (Å²) >= 11 is 3.47. The SMILES string of the molecule is CC(Br)c1ccccc1NS(=O)(=O)N1CCOCC1. The van der Waals surface area contributed by atoms with Crippen LogP contribution in [0.25, 0.3) is 0 Å². The maximum absolute atomic E-state index is 12.3. The Morgan fingerprint density at radius 3 is 2.58 bits per heavy atom. The molecule has 1 aliphatic rings. The molecule has 1 saturated heterocycles. The molecule has 2 rings (SSSR count). The van der Waals surface area contributed by atoms with Crippen LogP contribution in [-0.2, 0) is 14.9 Å². The predicted octanol–water partition coefficient (Wildman–Crippen LogP) is 2.13. The number of nitrogens with one attached hydrogen (secondary N) is 1. The van der Waals surface area contributed by atoms with Gasteiger partial charge in [-0.05, 0) is 18.6 Å². The number of halogens is 1. The molecule has 0 bridgehead atoms. The second-order valence-electron chi connectivity index (χ2n) is 4.32. The Bertz CT molecular complexity index is 528. The van der Waals surface area contributed by atoms with Gasteiger partial charge in [0.05, 0.1) is 18.9 Å². The number of para-hydroxylation sites is 1. The molecule has 0 saturated carbocycles. The van der Waals surface area contributed by atoms with Crippen molar-refractivity contribution in [3.05, 3.63) is 29.8 Å². The van der Waals surface area contributed by atoms with Crippen molar-refractivity contribution in [3.8, 4) is 0 Å². The van der Waals surface area contributed by atoms with Crippen LogP contribution in [0.2, 0.25) is 0 Å². The molecule has 0 aliphatic carbocycles. The fourth-order valence-corrected chi connectivity index (χ4v) is 3.55. The molecule has 1 N–H and O–H groups in total. The van der Waals surface area contributed by atoms with Crippen LogP contribution in [0.15, 0.2) is 24.3 Å². The average Bonchev–Trinajstić information content (AvgIpc) is 2.39. The van der Waals surface area contributed by atoms with Gasteiger partial charge in [-0.3, -0.25) is 4.72 Å². The summed E-state index contributed by atoms with van der Waals surface area (Å²) in [6, 6.07) is 7.37. The van der Waals surface area contributed by atoms with Gasteiger partial charge >= 0.3 is 10.2 Å². The Kier molecular flexibility index (Phi) is 4.83. The highest BCUT2D eigenvalue weighted by atomic mass is 79.9. The highest BCUT2D eigenvalue weighted by Crippen LogP contribution is 2.29. The summed E-state index contributed by atoms with van der Waals surface area (Å²) in [4.78, 5) is 0.0797. The fraction of sp³-hybridized carbons (Fsp3) is 0.500. The van der Waals surface area contributed by atoms with E-state index in [2.05, 4.69) is 20.7 Å². The molecule has 1 unspecified atom stereocenters. The molecule has 106 valence electrons. The molecule has 0 spiro atoms. The third-order valence-corrected chi connectivity index (χ3v) is 4.95. The van der Waals surface area contributed by atoms with Crippen molar-refractivity contribution in [2.45, 2.75) is 11.8 Å². The molecule has 1 aromatic carbocycles. The molecule has 19 heavy (non-hydrogen) atoms. The highest BCUT2D eigenvalue weighted by molar-refractivity contribution is 9.09. The van der Waals surface area contributed by atoms with Gasteiger partial charge in [-0.2, -0.15) is 12.7 Å². The Morgan fingerprint density at radius 2 is 1.95 bits per heavy atom. The molecule has 1 atom stereocenters. The number of benzene rings is 1. The Balaban J connectivity index is 2.20. The van der Waals surface area contributed by atoms with Crippen LogP contribution in [0.5, 0.6) is 0 Å². The maximum Gasteiger partial charge on any atom is 0.301 e. The Labute approximate surface area is 122 Å². The topological polar surface area (TPSA) is 58.6 Å². The molecule has 5 nitrogen and oxygen atoms in total. The summed E-state index contributed by atoms with van der Waals surface area (Å²) in [5.41, 5.74) is 1.53. The summed E-state index contributed by atoms with van der Waals surface area (Å²) < 4.78 is 33.8. The number of hydrogen-bond acceptors (Lipinski definition) is 3. The number of rotatable bonds is 4. The van der Waals surface area contributed by atoms with E-state index < -0.39 is 10.2 Å². The second kappa shape index (κ2) is 6.21. The first-order valence-electron chi connectivity index (χ1n) is 6.09. The zero-order chi connectivity index (χ0) is 13.9. The minimum atomic E-state index is -3.51. The van der Waals surface area contributed by atoms with Crippen molar-refractivity contribution >= 4 is 31.8 Å². The van der Waals surface area contributed by atoms with E-state index in [-0.39, 0.29) is 4.83 Å². The minimum absolute atomic E-state index is 0.0797. The molecule has 1 aliphatic heterocycles. The lowest BCUT2D eigenvalue weighted by Crippen LogP contribution is -2.43. The van der Waals surface area contributed by atoms with Gasteiger partial charge in [0.1, 0.15) is 0 Å². The summed E-state index contributed by atoms with van der Waals surface area (Å²) in [6.45, 7) is 3.62. The van der Waals surface area contributed by atoms with Crippen molar-refractivity contribution in [2.75, 3.05) is 31.0 Å². The maximum atomic E-state index is 12.3. The van der Waals surface area contributed by atoms with Gasteiger partial charge in [0.2, 0.25) is 0 Å². The molecule has 0 amide bonds. The normalized spacial score (nSPS) is 19.1. The highest BCUT2D eigenvalue weighted by Gasteiger charge is 2.25. The van der Waals surface area contributed by atoms with Crippen molar-refractivity contribution in [3.63, 3.8) is 0 Å². The van der Waals surface area contributed by atoms with Gasteiger partial charge in [-0.25, -0.2) is 0 Å². The van der Waals surface area contributed by atoms with Crippen LogP contribution in [0, 0.1) is 0 Å². The van der Waals surface area contributed by atoms with E-state index >= 15 is 0 Å². The van der Waals surface area contributed by atoms with Crippen LogP contribution in [0.4, 0.5) is 5.69 Å². The Morgan fingerprint density at radius 1 is 1.32 bits per heavy atom. The lowest BCUT2D eigenvalue weighted by atomic mass is 10.1. The lowest BCUT2D eigenvalue weighted by Gasteiger charge is -2.27. The van der Waals surface area contributed by atoms with Crippen LogP contribution in [0.3, 0.4) is 0 Å². The van der Waals surface area contributed by atoms with E-state index in [0.29, 0.717) is 32.0 Å². The van der Waals surface area contributed by atoms with Gasteiger partial charge in [0, 0.05) is 17.9 Å². The third-order valence-electron chi connectivity index (χ3n) is 2.94. The zero-order valence-electron chi connectivity index (χ0n) is 10.7. The first-order chi connectivity index (χ1) is 9.00. The summed E-state index contributed by atoms with van der Waals surface area (Å²) in [5, 5.41) is 0. The molecular weight excluding hydrogens is 332 g/mol. The van der Waals surface area contributed by atoms with Crippen LogP contribution < -0.4 is 4.72 Å². The smallest absolute Gasteiger partial charge is 0.301 e. The number of hydrogen-bond donors (Lipinski definition) is 1. The van der Waals surface area contributed by atoms with Gasteiger partial charge in [-0.1, -0.05) is 34.1 Å². The fourth-order valence-electron chi connectivity index (χ4n) is 1.93. The molecule has 0 aromatic heterocycles. The first kappa shape index (κ1) is 14.8. The molecular formula is C12H17BrN2O3S. The Hall–Kier alpha value is -0.630. The average molecular weight is 349 g/mol. The lowest BCUT2D eigenvalue weighted by molar-refractivity contribution is 0.0733. The largest absolute Gasteiger partial charge is 0.379 e. The van der Waals surface area contributed by atoms with E-state index in [4.69, 9.17) is 4.74 Å². The van der Waals surface area contributed by atoms with Gasteiger partial charge in [0.15, 0.2) is 0 Å². The first-order valence-corrected chi connectivity index (χ1v) is 8.45. The number of ether oxygens (including phenoxy) is 1. The van der Waals surface area contributed by atoms with Crippen LogP contribution in [-0.4, -0.2) is 39.0 Å².